The molecule has 0 aliphatic carbocycles. The molecule has 0 aromatic carbocycles. The van der Waals surface area contributed by atoms with Crippen LogP contribution in [0, 0.1) is 0 Å². The molecule has 0 radical (unpaired) electrons. The molecule has 0 spiro atoms. The number of allylic oxidation sites excluding steroid dienone is 1. The van der Waals surface area contributed by atoms with E-state index in [1.54, 1.807) is 18.3 Å². The molecule has 2 nitrogen and oxygen atoms in total. The predicted octanol–water partition coefficient (Wildman–Crippen LogP) is 3.03. The van der Waals surface area contributed by atoms with Crippen molar-refractivity contribution in [3.63, 3.8) is 0 Å². The maximum atomic E-state index is 9.32. The zero-order chi connectivity index (χ0) is 9.68. The topological polar surface area (TPSA) is 33.1 Å². The number of rotatable bonds is 3. The molecule has 0 atom stereocenters. The van der Waals surface area contributed by atoms with Gasteiger partial charge in [-0.15, -0.1) is 0 Å². The van der Waals surface area contributed by atoms with Gasteiger partial charge in [0.25, 0.3) is 0 Å². The Balaban J connectivity index is 3.06. The number of pyridine rings is 1. The summed E-state index contributed by atoms with van der Waals surface area (Å²) in [5, 5.41) is 9.32. The summed E-state index contributed by atoms with van der Waals surface area (Å²) in [6.07, 6.45) is 5.70. The molecule has 0 bridgehead atoms. The minimum absolute atomic E-state index is 0.335. The maximum absolute atomic E-state index is 9.32. The number of aromatic nitrogens is 1. The van der Waals surface area contributed by atoms with Crippen molar-refractivity contribution in [2.45, 2.75) is 13.3 Å². The second-order valence-corrected chi connectivity index (χ2v) is 2.67. The first-order valence-corrected chi connectivity index (χ1v) is 4.25. The third kappa shape index (κ3) is 2.44. The van der Waals surface area contributed by atoms with Gasteiger partial charge >= 0.3 is 0 Å². The summed E-state index contributed by atoms with van der Waals surface area (Å²) in [6.45, 7) is 5.57. The van der Waals surface area contributed by atoms with E-state index in [2.05, 4.69) is 11.6 Å². The molecule has 1 N–H and O–H groups in total. The van der Waals surface area contributed by atoms with Crippen LogP contribution in [0.25, 0.3) is 12.2 Å². The minimum Gasteiger partial charge on any atom is -0.512 e. The maximum Gasteiger partial charge on any atom is 0.0941 e. The van der Waals surface area contributed by atoms with E-state index < -0.39 is 0 Å². The van der Waals surface area contributed by atoms with Gasteiger partial charge in [-0.05, 0) is 11.6 Å². The van der Waals surface area contributed by atoms with Gasteiger partial charge in [0.1, 0.15) is 0 Å². The van der Waals surface area contributed by atoms with Crippen molar-refractivity contribution in [1.82, 2.24) is 4.98 Å². The molecule has 2 heteroatoms. The zero-order valence-corrected chi connectivity index (χ0v) is 7.70. The van der Waals surface area contributed by atoms with Crippen LogP contribution in [0.5, 0.6) is 0 Å². The van der Waals surface area contributed by atoms with Crippen LogP contribution in [0.3, 0.4) is 0 Å². The Hall–Kier alpha value is -1.57. The standard InChI is InChI=1S/C11H13NO/c1-3-9-6-5-7-12-11(9)8-10(13)4-2/h3,5-8,13H,1,4H2,2H3/b10-8+. The van der Waals surface area contributed by atoms with Crippen LogP contribution in [-0.2, 0) is 0 Å². The molecule has 1 aromatic heterocycles. The van der Waals surface area contributed by atoms with E-state index in [-0.39, 0.29) is 0 Å². The lowest BCUT2D eigenvalue weighted by molar-refractivity contribution is 0.400. The van der Waals surface area contributed by atoms with Gasteiger partial charge in [0, 0.05) is 18.7 Å². The molecular weight excluding hydrogens is 162 g/mol. The largest absolute Gasteiger partial charge is 0.512 e. The van der Waals surface area contributed by atoms with E-state index >= 15 is 0 Å². The summed E-state index contributed by atoms with van der Waals surface area (Å²) in [5.74, 6) is 0.335. The molecule has 0 aliphatic rings. The number of hydrogen-bond donors (Lipinski definition) is 1. The van der Waals surface area contributed by atoms with Gasteiger partial charge in [-0.3, -0.25) is 4.98 Å². The summed E-state index contributed by atoms with van der Waals surface area (Å²) >= 11 is 0. The fraction of sp³-hybridized carbons (Fsp3) is 0.182. The van der Waals surface area contributed by atoms with E-state index in [1.807, 2.05) is 19.1 Å². The molecule has 0 aliphatic heterocycles. The van der Waals surface area contributed by atoms with Crippen molar-refractivity contribution in [3.05, 3.63) is 41.9 Å². The van der Waals surface area contributed by atoms with E-state index in [4.69, 9.17) is 0 Å². The van der Waals surface area contributed by atoms with E-state index in [0.29, 0.717) is 12.2 Å². The Morgan fingerprint density at radius 2 is 2.46 bits per heavy atom. The molecule has 0 unspecified atom stereocenters. The number of aliphatic hydroxyl groups excluding tert-OH is 1. The third-order valence-corrected chi connectivity index (χ3v) is 1.76. The fourth-order valence-electron chi connectivity index (χ4n) is 0.983. The smallest absolute Gasteiger partial charge is 0.0941 e. The first-order valence-electron chi connectivity index (χ1n) is 4.25. The van der Waals surface area contributed by atoms with Gasteiger partial charge < -0.3 is 5.11 Å². The fourth-order valence-corrected chi connectivity index (χ4v) is 0.983. The van der Waals surface area contributed by atoms with Crippen molar-refractivity contribution < 1.29 is 5.11 Å². The summed E-state index contributed by atoms with van der Waals surface area (Å²) in [4.78, 5) is 4.13. The van der Waals surface area contributed by atoms with E-state index in [0.717, 1.165) is 11.3 Å². The SMILES string of the molecule is C=Cc1cccnc1/C=C(/O)CC. The summed E-state index contributed by atoms with van der Waals surface area (Å²) in [7, 11) is 0. The van der Waals surface area contributed by atoms with Gasteiger partial charge in [0.15, 0.2) is 0 Å². The van der Waals surface area contributed by atoms with Crippen LogP contribution >= 0.6 is 0 Å². The quantitative estimate of drug-likeness (QED) is 0.716. The third-order valence-electron chi connectivity index (χ3n) is 1.76. The van der Waals surface area contributed by atoms with Crippen molar-refractivity contribution in [1.29, 1.82) is 0 Å². The van der Waals surface area contributed by atoms with Gasteiger partial charge in [-0.25, -0.2) is 0 Å². The summed E-state index contributed by atoms with van der Waals surface area (Å²) < 4.78 is 0. The molecule has 0 amide bonds. The second kappa shape index (κ2) is 4.45. The summed E-state index contributed by atoms with van der Waals surface area (Å²) in [6, 6.07) is 3.76. The molecule has 0 saturated carbocycles. The molecule has 1 aromatic rings. The molecule has 1 heterocycles. The summed E-state index contributed by atoms with van der Waals surface area (Å²) in [5.41, 5.74) is 1.69. The highest BCUT2D eigenvalue weighted by molar-refractivity contribution is 5.61. The monoisotopic (exact) mass is 175 g/mol. The molecule has 1 rings (SSSR count). The van der Waals surface area contributed by atoms with E-state index in [1.165, 1.54) is 0 Å². The average Bonchev–Trinajstić information content (AvgIpc) is 2.18. The van der Waals surface area contributed by atoms with Crippen molar-refractivity contribution in [2.75, 3.05) is 0 Å². The molecule has 0 saturated heterocycles. The first kappa shape index (κ1) is 9.52. The zero-order valence-electron chi connectivity index (χ0n) is 7.70. The normalized spacial score (nSPS) is 11.3. The average molecular weight is 175 g/mol. The predicted molar refractivity (Wildman–Crippen MR) is 55.2 cm³/mol. The van der Waals surface area contributed by atoms with Gasteiger partial charge in [0.05, 0.1) is 11.5 Å². The molecule has 0 fully saturated rings. The highest BCUT2D eigenvalue weighted by Crippen LogP contribution is 2.11. The van der Waals surface area contributed by atoms with Crippen LogP contribution in [0.2, 0.25) is 0 Å². The molecule has 13 heavy (non-hydrogen) atoms. The Kier molecular flexibility index (Phi) is 3.26. The highest BCUT2D eigenvalue weighted by Gasteiger charge is 1.97. The Morgan fingerprint density at radius 1 is 1.69 bits per heavy atom. The lowest BCUT2D eigenvalue weighted by Gasteiger charge is -1.99. The van der Waals surface area contributed by atoms with Crippen molar-refractivity contribution in [3.8, 4) is 0 Å². The van der Waals surface area contributed by atoms with Crippen LogP contribution < -0.4 is 0 Å². The molecule has 68 valence electrons. The Labute approximate surface area is 78.3 Å². The van der Waals surface area contributed by atoms with Crippen molar-refractivity contribution >= 4 is 12.2 Å². The van der Waals surface area contributed by atoms with Crippen LogP contribution in [0.4, 0.5) is 0 Å². The van der Waals surface area contributed by atoms with E-state index in [9.17, 15) is 5.11 Å². The lowest BCUT2D eigenvalue weighted by atomic mass is 10.1. The highest BCUT2D eigenvalue weighted by atomic mass is 16.3. The van der Waals surface area contributed by atoms with Gasteiger partial charge in [-0.2, -0.15) is 0 Å². The number of hydrogen-bond acceptors (Lipinski definition) is 2. The number of nitrogens with zero attached hydrogens (tertiary/aromatic N) is 1. The van der Waals surface area contributed by atoms with Crippen LogP contribution in [0.1, 0.15) is 24.6 Å². The number of aliphatic hydroxyl groups is 1. The van der Waals surface area contributed by atoms with Crippen molar-refractivity contribution in [2.24, 2.45) is 0 Å². The first-order chi connectivity index (χ1) is 6.27. The van der Waals surface area contributed by atoms with Gasteiger partial charge in [-0.1, -0.05) is 25.6 Å². The lowest BCUT2D eigenvalue weighted by Crippen LogP contribution is -1.87. The van der Waals surface area contributed by atoms with Crippen LogP contribution in [-0.4, -0.2) is 10.1 Å². The van der Waals surface area contributed by atoms with Gasteiger partial charge in [0.2, 0.25) is 0 Å². The Bertz CT molecular complexity index is 329. The molecular formula is C11H13NO. The minimum atomic E-state index is 0.335. The second-order valence-electron chi connectivity index (χ2n) is 2.67. The van der Waals surface area contributed by atoms with Crippen LogP contribution in [0.15, 0.2) is 30.7 Å². The Morgan fingerprint density at radius 3 is 3.08 bits per heavy atom.